The first-order valence-corrected chi connectivity index (χ1v) is 10.5. The molecule has 1 aliphatic rings. The number of aryl methyl sites for hydroxylation is 1. The number of hydrogen-bond acceptors (Lipinski definition) is 4. The van der Waals surface area contributed by atoms with Crippen molar-refractivity contribution >= 4 is 19.4 Å². The fourth-order valence-electron chi connectivity index (χ4n) is 2.74. The van der Waals surface area contributed by atoms with E-state index in [-0.39, 0.29) is 0 Å². The summed E-state index contributed by atoms with van der Waals surface area (Å²) < 4.78 is 16.3. The number of unbranched alkanes of at least 4 members (excludes halogenated alkanes) is 2. The van der Waals surface area contributed by atoms with Crippen LogP contribution in [0.2, 0.25) is 5.02 Å². The minimum atomic E-state index is -4.55. The molecule has 0 bridgehead atoms. The van der Waals surface area contributed by atoms with Crippen molar-refractivity contribution in [2.24, 2.45) is 0 Å². The predicted molar refractivity (Wildman–Crippen MR) is 98.8 cm³/mol. The maximum Gasteiger partial charge on any atom is 0.472 e. The Labute approximate surface area is 154 Å². The average molecular weight is 389 g/mol. The maximum absolute atomic E-state index is 11.3. The van der Waals surface area contributed by atoms with E-state index in [1.165, 1.54) is 5.56 Å². The summed E-state index contributed by atoms with van der Waals surface area (Å²) in [6, 6.07) is 7.81. The summed E-state index contributed by atoms with van der Waals surface area (Å²) in [5, 5.41) is 0.732. The Morgan fingerprint density at radius 3 is 2.24 bits per heavy atom. The van der Waals surface area contributed by atoms with Crippen molar-refractivity contribution in [1.82, 2.24) is 9.80 Å². The summed E-state index contributed by atoms with van der Waals surface area (Å²) in [6.45, 7) is 3.46. The Bertz CT molecular complexity index is 605. The Balaban J connectivity index is 1.82. The van der Waals surface area contributed by atoms with Gasteiger partial charge in [-0.25, -0.2) is 9.09 Å². The first-order valence-electron chi connectivity index (χ1n) is 8.57. The van der Waals surface area contributed by atoms with Crippen LogP contribution in [0.1, 0.15) is 38.2 Å². The highest BCUT2D eigenvalue weighted by Gasteiger charge is 2.32. The first-order chi connectivity index (χ1) is 11.9. The first kappa shape index (κ1) is 20.3. The zero-order chi connectivity index (χ0) is 18.3. The Morgan fingerprint density at radius 1 is 1.08 bits per heavy atom. The molecule has 0 spiro atoms. The number of halogens is 1. The van der Waals surface area contributed by atoms with Gasteiger partial charge in [0.2, 0.25) is 6.35 Å². The molecule has 6 nitrogen and oxygen atoms in total. The molecule has 0 amide bonds. The van der Waals surface area contributed by atoms with Crippen LogP contribution < -0.4 is 0 Å². The van der Waals surface area contributed by atoms with Crippen LogP contribution in [0.5, 0.6) is 0 Å². The number of phosphoric acid groups is 1. The van der Waals surface area contributed by atoms with Gasteiger partial charge in [0.15, 0.2) is 0 Å². The molecule has 1 aromatic rings. The third kappa shape index (κ3) is 7.00. The standard InChI is InChI=1S/C17H26ClN2O4P/c1-2-3-11-19-13-14-20(17(19)24-25(21,22)23)12-5-4-6-15-7-9-16(18)10-8-15/h7-10,13-14,17H,2-6,11-12H2,1H3,(H2,21,22,23). The van der Waals surface area contributed by atoms with Crippen molar-refractivity contribution in [2.75, 3.05) is 13.1 Å². The second-order valence-electron chi connectivity index (χ2n) is 6.13. The number of hydrogen-bond donors (Lipinski definition) is 2. The van der Waals surface area contributed by atoms with Crippen molar-refractivity contribution in [1.29, 1.82) is 0 Å². The lowest BCUT2D eigenvalue weighted by atomic mass is 10.1. The van der Waals surface area contributed by atoms with E-state index in [1.807, 2.05) is 46.5 Å². The molecule has 0 saturated heterocycles. The lowest BCUT2D eigenvalue weighted by Gasteiger charge is -2.32. The smallest absolute Gasteiger partial charge is 0.334 e. The van der Waals surface area contributed by atoms with E-state index in [4.69, 9.17) is 16.1 Å². The molecule has 0 aromatic heterocycles. The number of nitrogens with zero attached hydrogens (tertiary/aromatic N) is 2. The number of rotatable bonds is 10. The van der Waals surface area contributed by atoms with Crippen molar-refractivity contribution in [3.05, 3.63) is 47.3 Å². The summed E-state index contributed by atoms with van der Waals surface area (Å²) in [5.41, 5.74) is 1.23. The topological polar surface area (TPSA) is 73.2 Å². The molecule has 8 heteroatoms. The molecule has 1 atom stereocenters. The van der Waals surface area contributed by atoms with Crippen LogP contribution in [0.3, 0.4) is 0 Å². The van der Waals surface area contributed by atoms with Crippen molar-refractivity contribution in [3.8, 4) is 0 Å². The molecular weight excluding hydrogens is 363 g/mol. The molecule has 1 heterocycles. The molecule has 1 aliphatic heterocycles. The molecule has 0 fully saturated rings. The minimum Gasteiger partial charge on any atom is -0.334 e. The Morgan fingerprint density at radius 2 is 1.68 bits per heavy atom. The fourth-order valence-corrected chi connectivity index (χ4v) is 3.35. The largest absolute Gasteiger partial charge is 0.472 e. The van der Waals surface area contributed by atoms with Gasteiger partial charge in [0.1, 0.15) is 0 Å². The van der Waals surface area contributed by atoms with E-state index < -0.39 is 14.2 Å². The molecule has 2 N–H and O–H groups in total. The summed E-state index contributed by atoms with van der Waals surface area (Å²) >= 11 is 5.88. The van der Waals surface area contributed by atoms with E-state index in [0.717, 1.165) is 37.1 Å². The zero-order valence-corrected chi connectivity index (χ0v) is 16.1. The van der Waals surface area contributed by atoms with Crippen LogP contribution >= 0.6 is 19.4 Å². The van der Waals surface area contributed by atoms with Gasteiger partial charge in [-0.05, 0) is 43.4 Å². The van der Waals surface area contributed by atoms with E-state index >= 15 is 0 Å². The zero-order valence-electron chi connectivity index (χ0n) is 14.4. The lowest BCUT2D eigenvalue weighted by Crippen LogP contribution is -2.41. The van der Waals surface area contributed by atoms with Gasteiger partial charge in [-0.3, -0.25) is 0 Å². The van der Waals surface area contributed by atoms with Gasteiger partial charge in [0, 0.05) is 30.5 Å². The Hall–Kier alpha value is -1.04. The maximum atomic E-state index is 11.3. The fraction of sp³-hybridized carbons (Fsp3) is 0.529. The monoisotopic (exact) mass is 388 g/mol. The highest BCUT2D eigenvalue weighted by molar-refractivity contribution is 7.46. The van der Waals surface area contributed by atoms with E-state index in [9.17, 15) is 14.4 Å². The molecule has 0 radical (unpaired) electrons. The summed E-state index contributed by atoms with van der Waals surface area (Å²) in [6.07, 6.45) is 7.72. The summed E-state index contributed by atoms with van der Waals surface area (Å²) in [5.74, 6) is 0. The molecule has 1 unspecified atom stereocenters. The number of benzene rings is 1. The van der Waals surface area contributed by atoms with Crippen molar-refractivity contribution in [3.63, 3.8) is 0 Å². The summed E-state index contributed by atoms with van der Waals surface area (Å²) in [7, 11) is -4.55. The van der Waals surface area contributed by atoms with Gasteiger partial charge in [0.05, 0.1) is 0 Å². The van der Waals surface area contributed by atoms with Crippen LogP contribution in [0, 0.1) is 0 Å². The molecule has 25 heavy (non-hydrogen) atoms. The van der Waals surface area contributed by atoms with Gasteiger partial charge in [-0.1, -0.05) is 37.1 Å². The molecule has 0 saturated carbocycles. The van der Waals surface area contributed by atoms with Crippen molar-refractivity contribution in [2.45, 2.75) is 45.4 Å². The second-order valence-corrected chi connectivity index (χ2v) is 7.76. The second kappa shape index (κ2) is 9.60. The average Bonchev–Trinajstić information content (AvgIpc) is 2.91. The number of phosphoric ester groups is 1. The van der Waals surface area contributed by atoms with Gasteiger partial charge >= 0.3 is 7.82 Å². The Kier molecular flexibility index (Phi) is 7.79. The van der Waals surface area contributed by atoms with Crippen LogP contribution in [-0.4, -0.2) is 39.0 Å². The predicted octanol–water partition coefficient (Wildman–Crippen LogP) is 3.94. The van der Waals surface area contributed by atoms with E-state index in [1.54, 1.807) is 0 Å². The van der Waals surface area contributed by atoms with Crippen LogP contribution in [0.4, 0.5) is 0 Å². The van der Waals surface area contributed by atoms with Crippen molar-refractivity contribution < 1.29 is 18.9 Å². The SMILES string of the molecule is CCCCN1C=CN(CCCCc2ccc(Cl)cc2)C1OP(=O)(O)O. The molecule has 2 rings (SSSR count). The minimum absolute atomic E-state index is 0.678. The normalized spacial score (nSPS) is 17.5. The van der Waals surface area contributed by atoms with Crippen LogP contribution in [0.15, 0.2) is 36.7 Å². The third-order valence-electron chi connectivity index (χ3n) is 4.06. The highest BCUT2D eigenvalue weighted by Crippen LogP contribution is 2.40. The molecule has 0 aliphatic carbocycles. The van der Waals surface area contributed by atoms with Crippen LogP contribution in [-0.2, 0) is 15.5 Å². The molecule has 140 valence electrons. The molecule has 1 aromatic carbocycles. The van der Waals surface area contributed by atoms with Gasteiger partial charge in [-0.2, -0.15) is 0 Å². The quantitative estimate of drug-likeness (QED) is 0.467. The van der Waals surface area contributed by atoms with Gasteiger partial charge in [-0.15, -0.1) is 0 Å². The highest BCUT2D eigenvalue weighted by atomic mass is 35.5. The van der Waals surface area contributed by atoms with E-state index in [2.05, 4.69) is 6.92 Å². The molecular formula is C17H26ClN2O4P. The van der Waals surface area contributed by atoms with E-state index in [0.29, 0.717) is 13.1 Å². The van der Waals surface area contributed by atoms with Crippen LogP contribution in [0.25, 0.3) is 0 Å². The van der Waals surface area contributed by atoms with Gasteiger partial charge < -0.3 is 19.6 Å². The summed E-state index contributed by atoms with van der Waals surface area (Å²) in [4.78, 5) is 22.0. The third-order valence-corrected chi connectivity index (χ3v) is 4.78. The van der Waals surface area contributed by atoms with Gasteiger partial charge in [0.25, 0.3) is 0 Å². The lowest BCUT2D eigenvalue weighted by molar-refractivity contribution is -0.0444.